The van der Waals surface area contributed by atoms with E-state index in [1.807, 2.05) is 19.0 Å². The molecule has 0 fully saturated rings. The maximum atomic E-state index is 13.8. The van der Waals surface area contributed by atoms with Gasteiger partial charge >= 0.3 is 5.97 Å². The van der Waals surface area contributed by atoms with Gasteiger partial charge in [0, 0.05) is 24.7 Å². The lowest BCUT2D eigenvalue weighted by Gasteiger charge is -2.19. The van der Waals surface area contributed by atoms with Crippen LogP contribution in [0.4, 0.5) is 8.78 Å². The lowest BCUT2D eigenvalue weighted by atomic mass is 10.1. The summed E-state index contributed by atoms with van der Waals surface area (Å²) in [5.74, 6) is -2.01. The molecule has 4 nitrogen and oxygen atoms in total. The molecule has 1 aromatic carbocycles. The maximum Gasteiger partial charge on any atom is 0.327 e. The first kappa shape index (κ1) is 16.5. The number of likely N-dealkylation sites (N-methyl/N-ethyl adjacent to an activating group) is 1. The molecule has 0 amide bonds. The number of carbonyl (C=O) groups excluding carboxylic acids is 1. The average molecular weight is 286 g/mol. The Morgan fingerprint density at radius 3 is 2.65 bits per heavy atom. The van der Waals surface area contributed by atoms with Crippen LogP contribution in [0.5, 0.6) is 0 Å². The van der Waals surface area contributed by atoms with Crippen molar-refractivity contribution < 1.29 is 18.3 Å². The number of carbonyl (C=O) groups is 1. The number of benzene rings is 1. The molecule has 0 bridgehead atoms. The SMILES string of the molecule is CCOC(=O)C(NCCN(C)C)c1ccc(F)cc1F. The molecular weight excluding hydrogens is 266 g/mol. The zero-order valence-corrected chi connectivity index (χ0v) is 12.0. The summed E-state index contributed by atoms with van der Waals surface area (Å²) in [6, 6.07) is 2.21. The van der Waals surface area contributed by atoms with Crippen molar-refractivity contribution in [2.45, 2.75) is 13.0 Å². The zero-order chi connectivity index (χ0) is 15.1. The summed E-state index contributed by atoms with van der Waals surface area (Å²) >= 11 is 0. The lowest BCUT2D eigenvalue weighted by Crippen LogP contribution is -2.35. The Kier molecular flexibility index (Phi) is 6.54. The van der Waals surface area contributed by atoms with Gasteiger partial charge in [0.25, 0.3) is 0 Å². The number of hydrogen-bond donors (Lipinski definition) is 1. The molecule has 1 unspecified atom stereocenters. The van der Waals surface area contributed by atoms with Gasteiger partial charge in [-0.15, -0.1) is 0 Å². The highest BCUT2D eigenvalue weighted by molar-refractivity contribution is 5.77. The van der Waals surface area contributed by atoms with E-state index in [1.54, 1.807) is 6.92 Å². The van der Waals surface area contributed by atoms with Gasteiger partial charge in [-0.25, -0.2) is 13.6 Å². The van der Waals surface area contributed by atoms with Crippen LogP contribution < -0.4 is 5.32 Å². The predicted molar refractivity (Wildman–Crippen MR) is 72.3 cm³/mol. The molecule has 0 saturated carbocycles. The molecule has 0 saturated heterocycles. The van der Waals surface area contributed by atoms with E-state index in [9.17, 15) is 13.6 Å². The van der Waals surface area contributed by atoms with Crippen LogP contribution in [-0.2, 0) is 9.53 Å². The molecule has 0 heterocycles. The van der Waals surface area contributed by atoms with Crippen LogP contribution in [0, 0.1) is 11.6 Å². The molecular formula is C14H20F2N2O2. The largest absolute Gasteiger partial charge is 0.465 e. The molecule has 1 N–H and O–H groups in total. The first-order chi connectivity index (χ1) is 9.45. The summed E-state index contributed by atoms with van der Waals surface area (Å²) in [4.78, 5) is 13.8. The van der Waals surface area contributed by atoms with E-state index in [0.717, 1.165) is 12.1 Å². The van der Waals surface area contributed by atoms with Crippen molar-refractivity contribution in [3.63, 3.8) is 0 Å². The topological polar surface area (TPSA) is 41.6 Å². The number of halogens is 2. The highest BCUT2D eigenvalue weighted by atomic mass is 19.1. The molecule has 0 aliphatic rings. The minimum absolute atomic E-state index is 0.0867. The van der Waals surface area contributed by atoms with Gasteiger partial charge in [0.1, 0.15) is 17.7 Å². The third-order valence-electron chi connectivity index (χ3n) is 2.70. The number of ether oxygens (including phenoxy) is 1. The van der Waals surface area contributed by atoms with Crippen molar-refractivity contribution in [3.05, 3.63) is 35.4 Å². The molecule has 20 heavy (non-hydrogen) atoms. The second-order valence-electron chi connectivity index (χ2n) is 4.61. The van der Waals surface area contributed by atoms with E-state index in [0.29, 0.717) is 13.1 Å². The molecule has 0 aliphatic carbocycles. The van der Waals surface area contributed by atoms with Gasteiger partial charge in [0.2, 0.25) is 0 Å². The normalized spacial score (nSPS) is 12.5. The van der Waals surface area contributed by atoms with E-state index in [2.05, 4.69) is 5.32 Å². The second kappa shape index (κ2) is 7.91. The minimum atomic E-state index is -0.935. The van der Waals surface area contributed by atoms with Gasteiger partial charge in [0.15, 0.2) is 0 Å². The number of nitrogens with one attached hydrogen (secondary N) is 1. The highest BCUT2D eigenvalue weighted by Gasteiger charge is 2.24. The van der Waals surface area contributed by atoms with Crippen molar-refractivity contribution >= 4 is 5.97 Å². The Hall–Kier alpha value is -1.53. The third-order valence-corrected chi connectivity index (χ3v) is 2.70. The van der Waals surface area contributed by atoms with E-state index in [-0.39, 0.29) is 12.2 Å². The smallest absolute Gasteiger partial charge is 0.327 e. The molecule has 0 radical (unpaired) electrons. The van der Waals surface area contributed by atoms with Crippen LogP contribution in [0.15, 0.2) is 18.2 Å². The zero-order valence-electron chi connectivity index (χ0n) is 12.0. The predicted octanol–water partition coefficient (Wildman–Crippen LogP) is 1.72. The Morgan fingerprint density at radius 2 is 2.10 bits per heavy atom. The van der Waals surface area contributed by atoms with Crippen molar-refractivity contribution in [2.24, 2.45) is 0 Å². The van der Waals surface area contributed by atoms with Gasteiger partial charge in [-0.3, -0.25) is 5.32 Å². The van der Waals surface area contributed by atoms with Gasteiger partial charge in [-0.1, -0.05) is 6.07 Å². The van der Waals surface area contributed by atoms with Crippen LogP contribution in [0.2, 0.25) is 0 Å². The lowest BCUT2D eigenvalue weighted by molar-refractivity contribution is -0.146. The average Bonchev–Trinajstić information content (AvgIpc) is 2.35. The first-order valence-electron chi connectivity index (χ1n) is 6.45. The van der Waals surface area contributed by atoms with Crippen molar-refractivity contribution in [3.8, 4) is 0 Å². The van der Waals surface area contributed by atoms with Gasteiger partial charge < -0.3 is 9.64 Å². The summed E-state index contributed by atoms with van der Waals surface area (Å²) in [5, 5.41) is 2.93. The van der Waals surface area contributed by atoms with Crippen LogP contribution >= 0.6 is 0 Å². The second-order valence-corrected chi connectivity index (χ2v) is 4.61. The molecule has 1 aromatic rings. The minimum Gasteiger partial charge on any atom is -0.465 e. The fourth-order valence-electron chi connectivity index (χ4n) is 1.71. The summed E-state index contributed by atoms with van der Waals surface area (Å²) in [6.07, 6.45) is 0. The van der Waals surface area contributed by atoms with Crippen molar-refractivity contribution in [2.75, 3.05) is 33.8 Å². The van der Waals surface area contributed by atoms with Crippen LogP contribution in [0.1, 0.15) is 18.5 Å². The van der Waals surface area contributed by atoms with Gasteiger partial charge in [-0.2, -0.15) is 0 Å². The standard InChI is InChI=1S/C14H20F2N2O2/c1-4-20-14(19)13(17-7-8-18(2)3)11-6-5-10(15)9-12(11)16/h5-6,9,13,17H,4,7-8H2,1-3H3. The summed E-state index contributed by atoms with van der Waals surface area (Å²) in [7, 11) is 3.78. The molecule has 1 atom stereocenters. The Morgan fingerprint density at radius 1 is 1.40 bits per heavy atom. The van der Waals surface area contributed by atoms with E-state index < -0.39 is 23.6 Å². The van der Waals surface area contributed by atoms with Gasteiger partial charge in [0.05, 0.1) is 6.61 Å². The quantitative estimate of drug-likeness (QED) is 0.775. The van der Waals surface area contributed by atoms with Crippen LogP contribution in [0.3, 0.4) is 0 Å². The molecule has 0 spiro atoms. The van der Waals surface area contributed by atoms with E-state index >= 15 is 0 Å². The molecule has 6 heteroatoms. The Labute approximate surface area is 117 Å². The number of esters is 1. The number of hydrogen-bond acceptors (Lipinski definition) is 4. The first-order valence-corrected chi connectivity index (χ1v) is 6.45. The molecule has 112 valence electrons. The Bertz CT molecular complexity index is 453. The van der Waals surface area contributed by atoms with Crippen LogP contribution in [-0.4, -0.2) is 44.7 Å². The third kappa shape index (κ3) is 4.86. The van der Waals surface area contributed by atoms with Gasteiger partial charge in [-0.05, 0) is 27.1 Å². The van der Waals surface area contributed by atoms with Crippen molar-refractivity contribution in [1.29, 1.82) is 0 Å². The van der Waals surface area contributed by atoms with Crippen LogP contribution in [0.25, 0.3) is 0 Å². The molecule has 0 aromatic heterocycles. The summed E-state index contributed by atoms with van der Waals surface area (Å²) in [5.41, 5.74) is 0.0867. The fraction of sp³-hybridized carbons (Fsp3) is 0.500. The molecule has 0 aliphatic heterocycles. The molecule has 1 rings (SSSR count). The number of rotatable bonds is 7. The monoisotopic (exact) mass is 286 g/mol. The van der Waals surface area contributed by atoms with E-state index in [4.69, 9.17) is 4.74 Å². The Balaban J connectivity index is 2.88. The summed E-state index contributed by atoms with van der Waals surface area (Å²) in [6.45, 7) is 3.04. The fourth-order valence-corrected chi connectivity index (χ4v) is 1.71. The van der Waals surface area contributed by atoms with E-state index in [1.165, 1.54) is 6.07 Å². The number of nitrogens with zero attached hydrogens (tertiary/aromatic N) is 1. The highest BCUT2D eigenvalue weighted by Crippen LogP contribution is 2.19. The maximum absolute atomic E-state index is 13.8. The van der Waals surface area contributed by atoms with Crippen molar-refractivity contribution in [1.82, 2.24) is 10.2 Å². The summed E-state index contributed by atoms with van der Waals surface area (Å²) < 4.78 is 31.6.